The molecule has 0 aliphatic rings. The lowest BCUT2D eigenvalue weighted by molar-refractivity contribution is -0.129. The minimum Gasteiger partial charge on any atom is -0.508 e. The van der Waals surface area contributed by atoms with Crippen LogP contribution < -0.4 is 0 Å². The number of rotatable bonds is 3. The Labute approximate surface area is 89.7 Å². The van der Waals surface area contributed by atoms with Gasteiger partial charge in [0.05, 0.1) is 0 Å². The molecule has 0 heterocycles. The van der Waals surface area contributed by atoms with E-state index >= 15 is 0 Å². The van der Waals surface area contributed by atoms with Crippen molar-refractivity contribution in [2.45, 2.75) is 32.8 Å². The summed E-state index contributed by atoms with van der Waals surface area (Å²) in [5.74, 6) is 0.275. The third-order valence-electron chi connectivity index (χ3n) is 2.19. The van der Waals surface area contributed by atoms with E-state index in [1.165, 1.54) is 0 Å². The SMILES string of the molecule is CC(C)(C)c1cc(COC=O)ccc1O. The molecule has 3 heteroatoms. The lowest BCUT2D eigenvalue weighted by Gasteiger charge is -2.21. The van der Waals surface area contributed by atoms with Gasteiger partial charge in [-0.05, 0) is 28.7 Å². The summed E-state index contributed by atoms with van der Waals surface area (Å²) >= 11 is 0. The average Bonchev–Trinajstić information content (AvgIpc) is 2.15. The topological polar surface area (TPSA) is 46.5 Å². The fourth-order valence-electron chi connectivity index (χ4n) is 1.40. The minimum atomic E-state index is -0.124. The second-order valence-corrected chi connectivity index (χ2v) is 4.51. The van der Waals surface area contributed by atoms with Crippen LogP contribution in [0.2, 0.25) is 0 Å². The lowest BCUT2D eigenvalue weighted by Crippen LogP contribution is -2.11. The Morgan fingerprint density at radius 3 is 2.60 bits per heavy atom. The fraction of sp³-hybridized carbons (Fsp3) is 0.417. The quantitative estimate of drug-likeness (QED) is 0.776. The van der Waals surface area contributed by atoms with Crippen LogP contribution in [-0.4, -0.2) is 11.6 Å². The highest BCUT2D eigenvalue weighted by Gasteiger charge is 2.18. The molecule has 0 aromatic heterocycles. The van der Waals surface area contributed by atoms with Crippen molar-refractivity contribution < 1.29 is 14.6 Å². The molecule has 0 fully saturated rings. The molecular formula is C12H16O3. The summed E-state index contributed by atoms with van der Waals surface area (Å²) in [5.41, 5.74) is 1.61. The Hall–Kier alpha value is -1.51. The Morgan fingerprint density at radius 1 is 1.40 bits per heavy atom. The Morgan fingerprint density at radius 2 is 2.07 bits per heavy atom. The molecule has 82 valence electrons. The summed E-state index contributed by atoms with van der Waals surface area (Å²) in [6, 6.07) is 5.23. The Kier molecular flexibility index (Phi) is 3.35. The summed E-state index contributed by atoms with van der Waals surface area (Å²) in [7, 11) is 0. The molecule has 1 aromatic rings. The van der Waals surface area contributed by atoms with Gasteiger partial charge in [0.2, 0.25) is 0 Å². The maximum Gasteiger partial charge on any atom is 0.293 e. The van der Waals surface area contributed by atoms with Crippen molar-refractivity contribution in [3.8, 4) is 5.75 Å². The predicted octanol–water partition coefficient (Wildman–Crippen LogP) is 2.36. The zero-order valence-electron chi connectivity index (χ0n) is 9.28. The molecule has 0 spiro atoms. The van der Waals surface area contributed by atoms with Crippen LogP contribution in [0.15, 0.2) is 18.2 Å². The van der Waals surface area contributed by atoms with Crippen molar-refractivity contribution in [1.82, 2.24) is 0 Å². The summed E-state index contributed by atoms with van der Waals surface area (Å²) in [6.45, 7) is 6.72. The molecule has 0 aliphatic heterocycles. The molecule has 1 N–H and O–H groups in total. The van der Waals surface area contributed by atoms with Crippen LogP contribution in [-0.2, 0) is 21.6 Å². The average molecular weight is 208 g/mol. The molecule has 0 saturated carbocycles. The van der Waals surface area contributed by atoms with E-state index in [1.54, 1.807) is 12.1 Å². The second kappa shape index (κ2) is 4.34. The standard InChI is InChI=1S/C12H16O3/c1-12(2,3)10-6-9(7-15-8-13)4-5-11(10)14/h4-6,8,14H,7H2,1-3H3. The number of phenols is 1. The number of hydrogen-bond acceptors (Lipinski definition) is 3. The van der Waals surface area contributed by atoms with E-state index in [0.29, 0.717) is 6.47 Å². The van der Waals surface area contributed by atoms with Crippen LogP contribution in [0.4, 0.5) is 0 Å². The molecule has 0 amide bonds. The fourth-order valence-corrected chi connectivity index (χ4v) is 1.40. The number of hydrogen-bond donors (Lipinski definition) is 1. The van der Waals surface area contributed by atoms with E-state index in [4.69, 9.17) is 0 Å². The van der Waals surface area contributed by atoms with Gasteiger partial charge in [0, 0.05) is 0 Å². The van der Waals surface area contributed by atoms with Gasteiger partial charge >= 0.3 is 0 Å². The highest BCUT2D eigenvalue weighted by molar-refractivity contribution is 5.41. The first-order valence-corrected chi connectivity index (χ1v) is 4.83. The van der Waals surface area contributed by atoms with E-state index in [1.807, 2.05) is 26.8 Å². The zero-order chi connectivity index (χ0) is 11.5. The number of phenolic OH excluding ortho intramolecular Hbond substituents is 1. The van der Waals surface area contributed by atoms with Gasteiger partial charge in [-0.15, -0.1) is 0 Å². The summed E-state index contributed by atoms with van der Waals surface area (Å²) in [5, 5.41) is 9.69. The number of carbonyl (C=O) groups excluding carboxylic acids is 1. The number of ether oxygens (including phenoxy) is 1. The maximum absolute atomic E-state index is 10.1. The van der Waals surface area contributed by atoms with E-state index in [-0.39, 0.29) is 17.8 Å². The van der Waals surface area contributed by atoms with Crippen LogP contribution in [0.25, 0.3) is 0 Å². The molecule has 3 nitrogen and oxygen atoms in total. The van der Waals surface area contributed by atoms with Gasteiger partial charge < -0.3 is 9.84 Å². The van der Waals surface area contributed by atoms with Crippen molar-refractivity contribution >= 4 is 6.47 Å². The van der Waals surface area contributed by atoms with Crippen molar-refractivity contribution in [2.24, 2.45) is 0 Å². The Balaban J connectivity index is 3.00. The maximum atomic E-state index is 10.1. The van der Waals surface area contributed by atoms with E-state index in [9.17, 15) is 9.90 Å². The predicted molar refractivity (Wildman–Crippen MR) is 57.7 cm³/mol. The van der Waals surface area contributed by atoms with Crippen molar-refractivity contribution in [1.29, 1.82) is 0 Å². The first-order valence-electron chi connectivity index (χ1n) is 4.83. The smallest absolute Gasteiger partial charge is 0.293 e. The molecule has 0 unspecified atom stereocenters. The third-order valence-corrected chi connectivity index (χ3v) is 2.19. The summed E-state index contributed by atoms with van der Waals surface area (Å²) in [4.78, 5) is 10.1. The molecule has 1 rings (SSSR count). The largest absolute Gasteiger partial charge is 0.508 e. The molecule has 1 aromatic carbocycles. The van der Waals surface area contributed by atoms with Gasteiger partial charge in [-0.2, -0.15) is 0 Å². The van der Waals surface area contributed by atoms with Gasteiger partial charge in [0.1, 0.15) is 12.4 Å². The lowest BCUT2D eigenvalue weighted by atomic mass is 9.85. The van der Waals surface area contributed by atoms with Gasteiger partial charge in [-0.3, -0.25) is 4.79 Å². The van der Waals surface area contributed by atoms with Gasteiger partial charge in [0.25, 0.3) is 6.47 Å². The van der Waals surface area contributed by atoms with E-state index < -0.39 is 0 Å². The molecule has 15 heavy (non-hydrogen) atoms. The summed E-state index contributed by atoms with van der Waals surface area (Å²) in [6.07, 6.45) is 0. The van der Waals surface area contributed by atoms with Crippen LogP contribution in [0.1, 0.15) is 31.9 Å². The van der Waals surface area contributed by atoms with Crippen LogP contribution in [0.3, 0.4) is 0 Å². The van der Waals surface area contributed by atoms with Gasteiger partial charge in [-0.1, -0.05) is 26.8 Å². The minimum absolute atomic E-state index is 0.124. The highest BCUT2D eigenvalue weighted by atomic mass is 16.5. The monoisotopic (exact) mass is 208 g/mol. The first-order chi connectivity index (χ1) is 6.95. The van der Waals surface area contributed by atoms with Crippen LogP contribution >= 0.6 is 0 Å². The van der Waals surface area contributed by atoms with Crippen LogP contribution in [0, 0.1) is 0 Å². The molecule has 0 radical (unpaired) electrons. The third kappa shape index (κ3) is 2.98. The second-order valence-electron chi connectivity index (χ2n) is 4.51. The van der Waals surface area contributed by atoms with Gasteiger partial charge in [0.15, 0.2) is 0 Å². The number of carbonyl (C=O) groups is 1. The van der Waals surface area contributed by atoms with Crippen LogP contribution in [0.5, 0.6) is 5.75 Å². The normalized spacial score (nSPS) is 11.1. The molecule has 0 saturated heterocycles. The number of aromatic hydroxyl groups is 1. The van der Waals surface area contributed by atoms with Crippen molar-refractivity contribution in [2.75, 3.05) is 0 Å². The van der Waals surface area contributed by atoms with Gasteiger partial charge in [-0.25, -0.2) is 0 Å². The van der Waals surface area contributed by atoms with Crippen molar-refractivity contribution in [3.63, 3.8) is 0 Å². The molecular weight excluding hydrogens is 192 g/mol. The summed E-state index contributed by atoms with van der Waals surface area (Å²) < 4.78 is 4.66. The van der Waals surface area contributed by atoms with E-state index in [2.05, 4.69) is 4.74 Å². The zero-order valence-corrected chi connectivity index (χ0v) is 9.28. The molecule has 0 bridgehead atoms. The molecule has 0 aliphatic carbocycles. The highest BCUT2D eigenvalue weighted by Crippen LogP contribution is 2.31. The Bertz CT molecular complexity index is 350. The number of benzene rings is 1. The van der Waals surface area contributed by atoms with E-state index in [0.717, 1.165) is 11.1 Å². The molecule has 0 atom stereocenters. The van der Waals surface area contributed by atoms with Crippen molar-refractivity contribution in [3.05, 3.63) is 29.3 Å². The first kappa shape index (κ1) is 11.6.